The standard InChI is InChI=1S/C9H4F2N2O3/c10-4-1-5(11)9-6(2-4)12-8(13(15)16)3-7(9)14/h1-3H,(H,12,14). The Morgan fingerprint density at radius 1 is 1.25 bits per heavy atom. The summed E-state index contributed by atoms with van der Waals surface area (Å²) < 4.78 is 26.0. The summed E-state index contributed by atoms with van der Waals surface area (Å²) in [6.45, 7) is 0. The first-order valence-electron chi connectivity index (χ1n) is 4.15. The van der Waals surface area contributed by atoms with Crippen molar-refractivity contribution >= 4 is 16.7 Å². The van der Waals surface area contributed by atoms with Crippen LogP contribution in [0.2, 0.25) is 0 Å². The molecule has 0 aliphatic carbocycles. The fraction of sp³-hybridized carbons (Fsp3) is 0. The number of halogens is 2. The first-order chi connectivity index (χ1) is 7.49. The molecule has 0 bridgehead atoms. The monoisotopic (exact) mass is 226 g/mol. The lowest BCUT2D eigenvalue weighted by Crippen LogP contribution is -2.07. The summed E-state index contributed by atoms with van der Waals surface area (Å²) in [7, 11) is 0. The lowest BCUT2D eigenvalue weighted by molar-refractivity contribution is -0.389. The molecule has 1 aromatic heterocycles. The van der Waals surface area contributed by atoms with Crippen LogP contribution in [0, 0.1) is 21.7 Å². The minimum absolute atomic E-state index is 0.239. The van der Waals surface area contributed by atoms with Crippen LogP contribution in [-0.2, 0) is 0 Å². The van der Waals surface area contributed by atoms with Gasteiger partial charge in [-0.25, -0.2) is 13.8 Å². The molecule has 82 valence electrons. The molecule has 5 nitrogen and oxygen atoms in total. The van der Waals surface area contributed by atoms with Crippen LogP contribution in [0.15, 0.2) is 23.0 Å². The minimum Gasteiger partial charge on any atom is -0.358 e. The van der Waals surface area contributed by atoms with Gasteiger partial charge in [0.1, 0.15) is 22.5 Å². The van der Waals surface area contributed by atoms with Crippen LogP contribution < -0.4 is 5.43 Å². The summed E-state index contributed by atoms with van der Waals surface area (Å²) in [4.78, 5) is 23.1. The van der Waals surface area contributed by atoms with Gasteiger partial charge in [-0.3, -0.25) is 4.79 Å². The summed E-state index contributed by atoms with van der Waals surface area (Å²) >= 11 is 0. The van der Waals surface area contributed by atoms with E-state index >= 15 is 0 Å². The largest absolute Gasteiger partial charge is 0.358 e. The highest BCUT2D eigenvalue weighted by Gasteiger charge is 2.14. The molecule has 0 unspecified atom stereocenters. The lowest BCUT2D eigenvalue weighted by Gasteiger charge is -1.98. The molecular formula is C9H4F2N2O3. The molecule has 1 N–H and O–H groups in total. The molecule has 0 radical (unpaired) electrons. The van der Waals surface area contributed by atoms with E-state index in [4.69, 9.17) is 0 Å². The summed E-state index contributed by atoms with van der Waals surface area (Å²) in [6, 6.07) is 2.03. The van der Waals surface area contributed by atoms with Crippen LogP contribution in [0.25, 0.3) is 10.9 Å². The summed E-state index contributed by atoms with van der Waals surface area (Å²) in [5, 5.41) is 10.0. The van der Waals surface area contributed by atoms with Crippen molar-refractivity contribution in [1.29, 1.82) is 0 Å². The quantitative estimate of drug-likeness (QED) is 0.594. The molecular weight excluding hydrogens is 222 g/mol. The highest BCUT2D eigenvalue weighted by molar-refractivity contribution is 5.80. The van der Waals surface area contributed by atoms with E-state index < -0.39 is 33.2 Å². The molecule has 0 saturated carbocycles. The SMILES string of the molecule is O=c1cc([N+](=O)[O-])[nH]c2cc(F)cc(F)c12. The molecule has 2 aromatic rings. The van der Waals surface area contributed by atoms with Gasteiger partial charge in [-0.2, -0.15) is 0 Å². The smallest absolute Gasteiger partial charge is 0.325 e. The van der Waals surface area contributed by atoms with Gasteiger partial charge in [0, 0.05) is 12.1 Å². The van der Waals surface area contributed by atoms with Crippen LogP contribution in [-0.4, -0.2) is 9.91 Å². The fourth-order valence-electron chi connectivity index (χ4n) is 1.39. The van der Waals surface area contributed by atoms with E-state index in [0.29, 0.717) is 12.1 Å². The van der Waals surface area contributed by atoms with Crippen molar-refractivity contribution in [1.82, 2.24) is 4.98 Å². The molecule has 0 spiro atoms. The molecule has 0 aliphatic rings. The van der Waals surface area contributed by atoms with Crippen molar-refractivity contribution < 1.29 is 13.7 Å². The van der Waals surface area contributed by atoms with Gasteiger partial charge in [-0.15, -0.1) is 0 Å². The Labute approximate surface area is 86.5 Å². The molecule has 2 rings (SSSR count). The van der Waals surface area contributed by atoms with Crippen LogP contribution >= 0.6 is 0 Å². The molecule has 0 aliphatic heterocycles. The molecule has 0 fully saturated rings. The average molecular weight is 226 g/mol. The number of aromatic nitrogens is 1. The van der Waals surface area contributed by atoms with Crippen molar-refractivity contribution in [3.05, 3.63) is 50.2 Å². The summed E-state index contributed by atoms with van der Waals surface area (Å²) in [5.41, 5.74) is -1.10. The maximum absolute atomic E-state index is 13.2. The number of rotatable bonds is 1. The third-order valence-corrected chi connectivity index (χ3v) is 2.03. The zero-order chi connectivity index (χ0) is 11.9. The summed E-state index contributed by atoms with van der Waals surface area (Å²) in [5.74, 6) is -2.57. The number of pyridine rings is 1. The zero-order valence-electron chi connectivity index (χ0n) is 7.66. The average Bonchev–Trinajstić information content (AvgIpc) is 2.15. The number of nitrogens with zero attached hydrogens (tertiary/aromatic N) is 1. The molecule has 0 atom stereocenters. The van der Waals surface area contributed by atoms with E-state index in [9.17, 15) is 23.7 Å². The van der Waals surface area contributed by atoms with E-state index in [-0.39, 0.29) is 5.52 Å². The lowest BCUT2D eigenvalue weighted by atomic mass is 10.2. The molecule has 1 heterocycles. The Bertz CT molecular complexity index is 651. The Hall–Kier alpha value is -2.31. The van der Waals surface area contributed by atoms with E-state index in [0.717, 1.165) is 6.07 Å². The second-order valence-electron chi connectivity index (χ2n) is 3.09. The number of H-pyrrole nitrogens is 1. The number of nitro groups is 1. The van der Waals surface area contributed by atoms with Gasteiger partial charge in [0.15, 0.2) is 0 Å². The van der Waals surface area contributed by atoms with Gasteiger partial charge in [0.2, 0.25) is 5.43 Å². The van der Waals surface area contributed by atoms with Gasteiger partial charge in [-0.1, -0.05) is 0 Å². The second kappa shape index (κ2) is 3.37. The Kier molecular flexibility index (Phi) is 2.15. The van der Waals surface area contributed by atoms with Gasteiger partial charge in [0.25, 0.3) is 0 Å². The van der Waals surface area contributed by atoms with Crippen molar-refractivity contribution in [2.45, 2.75) is 0 Å². The Morgan fingerprint density at radius 3 is 2.56 bits per heavy atom. The predicted molar refractivity (Wildman–Crippen MR) is 51.1 cm³/mol. The van der Waals surface area contributed by atoms with Gasteiger partial charge in [0.05, 0.1) is 6.07 Å². The molecule has 1 aromatic carbocycles. The van der Waals surface area contributed by atoms with Crippen molar-refractivity contribution in [2.75, 3.05) is 0 Å². The highest BCUT2D eigenvalue weighted by Crippen LogP contribution is 2.17. The number of fused-ring (bicyclic) bond motifs is 1. The van der Waals surface area contributed by atoms with Crippen molar-refractivity contribution in [3.8, 4) is 0 Å². The Balaban J connectivity index is 2.93. The first-order valence-corrected chi connectivity index (χ1v) is 4.15. The number of hydrogen-bond donors (Lipinski definition) is 1. The highest BCUT2D eigenvalue weighted by atomic mass is 19.1. The first kappa shape index (κ1) is 10.2. The van der Waals surface area contributed by atoms with Crippen LogP contribution in [0.1, 0.15) is 0 Å². The number of hydrogen-bond acceptors (Lipinski definition) is 3. The van der Waals surface area contributed by atoms with E-state index in [1.807, 2.05) is 0 Å². The molecule has 7 heteroatoms. The fourth-order valence-corrected chi connectivity index (χ4v) is 1.39. The normalized spacial score (nSPS) is 10.6. The topological polar surface area (TPSA) is 76.0 Å². The van der Waals surface area contributed by atoms with Crippen molar-refractivity contribution in [3.63, 3.8) is 0 Å². The van der Waals surface area contributed by atoms with Crippen molar-refractivity contribution in [2.24, 2.45) is 0 Å². The zero-order valence-corrected chi connectivity index (χ0v) is 7.66. The maximum Gasteiger partial charge on any atom is 0.325 e. The van der Waals surface area contributed by atoms with Crippen LogP contribution in [0.5, 0.6) is 0 Å². The van der Waals surface area contributed by atoms with E-state index in [1.54, 1.807) is 0 Å². The molecule has 0 saturated heterocycles. The second-order valence-corrected chi connectivity index (χ2v) is 3.09. The van der Waals surface area contributed by atoms with E-state index in [2.05, 4.69) is 4.98 Å². The van der Waals surface area contributed by atoms with Crippen LogP contribution in [0.3, 0.4) is 0 Å². The van der Waals surface area contributed by atoms with Gasteiger partial charge >= 0.3 is 5.82 Å². The third kappa shape index (κ3) is 1.52. The minimum atomic E-state index is -1.05. The van der Waals surface area contributed by atoms with E-state index in [1.165, 1.54) is 0 Å². The Morgan fingerprint density at radius 2 is 1.94 bits per heavy atom. The number of nitrogens with one attached hydrogen (secondary N) is 1. The van der Waals surface area contributed by atoms with Crippen LogP contribution in [0.4, 0.5) is 14.6 Å². The molecule has 0 amide bonds. The maximum atomic E-state index is 13.2. The van der Waals surface area contributed by atoms with Gasteiger partial charge in [-0.05, 0) is 4.92 Å². The number of aromatic amines is 1. The molecule has 16 heavy (non-hydrogen) atoms. The number of benzene rings is 1. The third-order valence-electron chi connectivity index (χ3n) is 2.03. The summed E-state index contributed by atoms with van der Waals surface area (Å²) in [6.07, 6.45) is 0. The van der Waals surface area contributed by atoms with Gasteiger partial charge < -0.3 is 10.1 Å². The predicted octanol–water partition coefficient (Wildman–Crippen LogP) is 1.71.